The number of nitrogens with one attached hydrogen (secondary N) is 1. The van der Waals surface area contributed by atoms with Gasteiger partial charge in [0.1, 0.15) is 5.75 Å². The quantitative estimate of drug-likeness (QED) is 0.834. The second-order valence-corrected chi connectivity index (χ2v) is 6.77. The average molecular weight is 297 g/mol. The highest BCUT2D eigenvalue weighted by atomic mass is 19.3. The summed E-state index contributed by atoms with van der Waals surface area (Å²) >= 11 is 0. The topological polar surface area (TPSA) is 21.3 Å². The Bertz CT molecular complexity index is 435. The van der Waals surface area contributed by atoms with Gasteiger partial charge in [0.05, 0.1) is 0 Å². The first kappa shape index (κ1) is 16.2. The molecule has 0 spiro atoms. The van der Waals surface area contributed by atoms with Crippen molar-refractivity contribution in [1.29, 1.82) is 0 Å². The van der Waals surface area contributed by atoms with Gasteiger partial charge in [0.15, 0.2) is 0 Å². The molecule has 0 bridgehead atoms. The number of rotatable bonds is 5. The number of ether oxygens (including phenoxy) is 1. The zero-order valence-electron chi connectivity index (χ0n) is 13.0. The molecular formula is C17H25F2NO. The first-order chi connectivity index (χ1) is 9.85. The minimum atomic E-state index is -2.77. The predicted molar refractivity (Wildman–Crippen MR) is 80.7 cm³/mol. The third-order valence-corrected chi connectivity index (χ3v) is 4.43. The van der Waals surface area contributed by atoms with Crippen LogP contribution in [0, 0.1) is 5.41 Å². The van der Waals surface area contributed by atoms with Gasteiger partial charge in [-0.05, 0) is 55.7 Å². The first-order valence-electron chi connectivity index (χ1n) is 7.66. The molecule has 1 saturated carbocycles. The lowest BCUT2D eigenvalue weighted by Gasteiger charge is -2.36. The third-order valence-electron chi connectivity index (χ3n) is 4.43. The minimum Gasteiger partial charge on any atom is -0.435 e. The maximum atomic E-state index is 12.1. The summed E-state index contributed by atoms with van der Waals surface area (Å²) in [5.74, 6) is 0.209. The lowest BCUT2D eigenvalue weighted by atomic mass is 9.75. The van der Waals surface area contributed by atoms with Crippen LogP contribution in [0.4, 0.5) is 8.78 Å². The maximum absolute atomic E-state index is 12.1. The Morgan fingerprint density at radius 3 is 2.24 bits per heavy atom. The van der Waals surface area contributed by atoms with E-state index in [0.29, 0.717) is 11.5 Å². The van der Waals surface area contributed by atoms with Gasteiger partial charge in [-0.15, -0.1) is 0 Å². The molecular weight excluding hydrogens is 272 g/mol. The Morgan fingerprint density at radius 2 is 1.71 bits per heavy atom. The largest absolute Gasteiger partial charge is 0.435 e. The summed E-state index contributed by atoms with van der Waals surface area (Å²) in [6, 6.07) is 7.67. The van der Waals surface area contributed by atoms with Gasteiger partial charge in [-0.1, -0.05) is 26.0 Å². The Morgan fingerprint density at radius 1 is 1.14 bits per heavy atom. The molecule has 0 heterocycles. The second kappa shape index (κ2) is 6.73. The SMILES string of the molecule is CC(NC1CCC(C)(C)CC1)c1ccc(OC(F)F)cc1. The maximum Gasteiger partial charge on any atom is 0.387 e. The molecule has 2 rings (SSSR count). The normalized spacial score (nSPS) is 20.5. The van der Waals surface area contributed by atoms with Gasteiger partial charge in [0.2, 0.25) is 0 Å². The molecule has 1 unspecified atom stereocenters. The van der Waals surface area contributed by atoms with E-state index in [9.17, 15) is 8.78 Å². The number of hydrogen-bond donors (Lipinski definition) is 1. The Balaban J connectivity index is 1.87. The zero-order valence-corrected chi connectivity index (χ0v) is 13.0. The first-order valence-corrected chi connectivity index (χ1v) is 7.66. The van der Waals surface area contributed by atoms with Crippen molar-refractivity contribution in [3.63, 3.8) is 0 Å². The monoisotopic (exact) mass is 297 g/mol. The molecule has 1 aromatic carbocycles. The number of hydrogen-bond acceptors (Lipinski definition) is 2. The molecule has 21 heavy (non-hydrogen) atoms. The molecule has 1 aromatic rings. The summed E-state index contributed by atoms with van der Waals surface area (Å²) in [6.45, 7) is 4.00. The molecule has 1 aliphatic carbocycles. The van der Waals surface area contributed by atoms with Gasteiger partial charge < -0.3 is 10.1 Å². The van der Waals surface area contributed by atoms with E-state index < -0.39 is 6.61 Å². The standard InChI is InChI=1S/C17H25F2NO/c1-12(20-14-8-10-17(2,3)11-9-14)13-4-6-15(7-5-13)21-16(18)19/h4-7,12,14,16,20H,8-11H2,1-3H3. The fourth-order valence-corrected chi connectivity index (χ4v) is 2.95. The van der Waals surface area contributed by atoms with E-state index in [4.69, 9.17) is 0 Å². The van der Waals surface area contributed by atoms with Crippen molar-refractivity contribution in [2.24, 2.45) is 5.41 Å². The highest BCUT2D eigenvalue weighted by Crippen LogP contribution is 2.35. The van der Waals surface area contributed by atoms with Gasteiger partial charge in [-0.2, -0.15) is 8.78 Å². The molecule has 4 heteroatoms. The van der Waals surface area contributed by atoms with E-state index in [1.165, 1.54) is 25.7 Å². The summed E-state index contributed by atoms with van der Waals surface area (Å²) in [6.07, 6.45) is 4.89. The van der Waals surface area contributed by atoms with E-state index in [1.54, 1.807) is 12.1 Å². The van der Waals surface area contributed by atoms with Crippen LogP contribution in [0.1, 0.15) is 58.1 Å². The van der Waals surface area contributed by atoms with E-state index >= 15 is 0 Å². The highest BCUT2D eigenvalue weighted by Gasteiger charge is 2.27. The second-order valence-electron chi connectivity index (χ2n) is 6.77. The fourth-order valence-electron chi connectivity index (χ4n) is 2.95. The molecule has 1 N–H and O–H groups in total. The predicted octanol–water partition coefficient (Wildman–Crippen LogP) is 4.91. The number of benzene rings is 1. The van der Waals surface area contributed by atoms with Crippen LogP contribution >= 0.6 is 0 Å². The van der Waals surface area contributed by atoms with E-state index in [-0.39, 0.29) is 11.8 Å². The van der Waals surface area contributed by atoms with E-state index in [0.717, 1.165) is 5.56 Å². The smallest absolute Gasteiger partial charge is 0.387 e. The Hall–Kier alpha value is -1.16. The molecule has 1 fully saturated rings. The van der Waals surface area contributed by atoms with Crippen molar-refractivity contribution in [1.82, 2.24) is 5.32 Å². The summed E-state index contributed by atoms with van der Waals surface area (Å²) in [4.78, 5) is 0. The van der Waals surface area contributed by atoms with Gasteiger partial charge in [0, 0.05) is 12.1 Å². The van der Waals surface area contributed by atoms with Crippen molar-refractivity contribution in [3.8, 4) is 5.75 Å². The van der Waals surface area contributed by atoms with Crippen molar-refractivity contribution in [3.05, 3.63) is 29.8 Å². The summed E-state index contributed by atoms with van der Waals surface area (Å²) in [5.41, 5.74) is 1.57. The Labute approximate surface area is 125 Å². The van der Waals surface area contributed by atoms with Gasteiger partial charge in [-0.25, -0.2) is 0 Å². The molecule has 118 valence electrons. The Kier molecular flexibility index (Phi) is 5.20. The molecule has 0 aliphatic heterocycles. The van der Waals surface area contributed by atoms with E-state index in [2.05, 4.69) is 30.8 Å². The lowest BCUT2D eigenvalue weighted by molar-refractivity contribution is -0.0498. The molecule has 2 nitrogen and oxygen atoms in total. The number of alkyl halides is 2. The van der Waals surface area contributed by atoms with Crippen molar-refractivity contribution < 1.29 is 13.5 Å². The molecule has 0 amide bonds. The van der Waals surface area contributed by atoms with Crippen LogP contribution in [0.15, 0.2) is 24.3 Å². The van der Waals surface area contributed by atoms with Crippen LogP contribution in [-0.4, -0.2) is 12.7 Å². The molecule has 0 radical (unpaired) electrons. The van der Waals surface area contributed by atoms with Crippen LogP contribution in [0.25, 0.3) is 0 Å². The number of halogens is 2. The van der Waals surface area contributed by atoms with Gasteiger partial charge in [-0.3, -0.25) is 0 Å². The third kappa shape index (κ3) is 4.95. The van der Waals surface area contributed by atoms with Gasteiger partial charge in [0.25, 0.3) is 0 Å². The zero-order chi connectivity index (χ0) is 15.5. The average Bonchev–Trinajstić information content (AvgIpc) is 2.41. The summed E-state index contributed by atoms with van der Waals surface area (Å²) in [5, 5.41) is 3.64. The molecule has 1 aliphatic rings. The molecule has 1 atom stereocenters. The van der Waals surface area contributed by atoms with Crippen LogP contribution in [0.3, 0.4) is 0 Å². The van der Waals surface area contributed by atoms with Crippen LogP contribution in [0.2, 0.25) is 0 Å². The molecule has 0 saturated heterocycles. The van der Waals surface area contributed by atoms with Gasteiger partial charge >= 0.3 is 6.61 Å². The van der Waals surface area contributed by atoms with Crippen molar-refractivity contribution >= 4 is 0 Å². The summed E-state index contributed by atoms with van der Waals surface area (Å²) in [7, 11) is 0. The highest BCUT2D eigenvalue weighted by molar-refractivity contribution is 5.29. The van der Waals surface area contributed by atoms with Crippen molar-refractivity contribution in [2.75, 3.05) is 0 Å². The fraction of sp³-hybridized carbons (Fsp3) is 0.647. The molecule has 0 aromatic heterocycles. The summed E-state index contributed by atoms with van der Waals surface area (Å²) < 4.78 is 28.6. The van der Waals surface area contributed by atoms with Crippen LogP contribution in [-0.2, 0) is 0 Å². The van der Waals surface area contributed by atoms with E-state index in [1.807, 2.05) is 12.1 Å². The van der Waals surface area contributed by atoms with Crippen LogP contribution in [0.5, 0.6) is 5.75 Å². The van der Waals surface area contributed by atoms with Crippen molar-refractivity contribution in [2.45, 2.75) is 65.1 Å². The van der Waals surface area contributed by atoms with Crippen LogP contribution < -0.4 is 10.1 Å². The minimum absolute atomic E-state index is 0.209. The lowest BCUT2D eigenvalue weighted by Crippen LogP contribution is -2.37.